The van der Waals surface area contributed by atoms with Crippen molar-refractivity contribution in [1.82, 2.24) is 10.2 Å². The summed E-state index contributed by atoms with van der Waals surface area (Å²) in [5.74, 6) is -1.14. The molecule has 0 spiro atoms. The van der Waals surface area contributed by atoms with Crippen LogP contribution >= 0.6 is 0 Å². The monoisotopic (exact) mass is 287 g/mol. The van der Waals surface area contributed by atoms with Gasteiger partial charge in [-0.25, -0.2) is 4.39 Å². The average molecular weight is 287 g/mol. The zero-order valence-electron chi connectivity index (χ0n) is 10.7. The summed E-state index contributed by atoms with van der Waals surface area (Å²) >= 11 is 0. The van der Waals surface area contributed by atoms with Crippen molar-refractivity contribution in [1.29, 1.82) is 0 Å². The second-order valence-corrected chi connectivity index (χ2v) is 4.38. The normalized spacial score (nSPS) is 11.8. The molecule has 0 aliphatic carbocycles. The van der Waals surface area contributed by atoms with Crippen molar-refractivity contribution in [3.63, 3.8) is 0 Å². The summed E-state index contributed by atoms with van der Waals surface area (Å²) in [5, 5.41) is 6.26. The number of nitrogen functional groups attached to an aromatic ring is 1. The number of aromatic amines is 1. The Morgan fingerprint density at radius 2 is 2.00 bits per heavy atom. The molecule has 0 bridgehead atoms. The van der Waals surface area contributed by atoms with Crippen molar-refractivity contribution >= 4 is 5.82 Å². The van der Waals surface area contributed by atoms with Crippen LogP contribution in [-0.2, 0) is 12.6 Å². The van der Waals surface area contributed by atoms with Crippen LogP contribution in [0.5, 0.6) is 0 Å². The smallest absolute Gasteiger partial charge is 0.382 e. The van der Waals surface area contributed by atoms with Gasteiger partial charge >= 0.3 is 6.18 Å². The fourth-order valence-electron chi connectivity index (χ4n) is 2.05. The Balaban J connectivity index is 2.60. The van der Waals surface area contributed by atoms with Crippen molar-refractivity contribution in [3.05, 3.63) is 35.1 Å². The number of hydrogen-bond acceptors (Lipinski definition) is 2. The van der Waals surface area contributed by atoms with Crippen LogP contribution in [-0.4, -0.2) is 10.2 Å². The molecule has 0 amide bonds. The van der Waals surface area contributed by atoms with E-state index in [-0.39, 0.29) is 17.1 Å². The Morgan fingerprint density at radius 3 is 2.60 bits per heavy atom. The van der Waals surface area contributed by atoms with E-state index in [1.807, 2.05) is 6.92 Å². The molecule has 0 radical (unpaired) electrons. The molecule has 3 N–H and O–H groups in total. The number of benzene rings is 1. The van der Waals surface area contributed by atoms with E-state index in [1.165, 1.54) is 6.07 Å². The van der Waals surface area contributed by atoms with Gasteiger partial charge in [0, 0.05) is 11.1 Å². The van der Waals surface area contributed by atoms with Crippen LogP contribution < -0.4 is 5.73 Å². The molecule has 108 valence electrons. The van der Waals surface area contributed by atoms with Gasteiger partial charge in [0.15, 0.2) is 0 Å². The van der Waals surface area contributed by atoms with Crippen molar-refractivity contribution in [3.8, 4) is 11.3 Å². The quantitative estimate of drug-likeness (QED) is 0.844. The molecule has 0 aliphatic heterocycles. The highest BCUT2D eigenvalue weighted by Crippen LogP contribution is 2.36. The Hall–Kier alpha value is -2.05. The maximum atomic E-state index is 14.1. The van der Waals surface area contributed by atoms with Gasteiger partial charge in [-0.1, -0.05) is 19.4 Å². The highest BCUT2D eigenvalue weighted by molar-refractivity contribution is 5.69. The number of hydrogen-bond donors (Lipinski definition) is 2. The lowest BCUT2D eigenvalue weighted by molar-refractivity contribution is -0.139. The number of nitrogens with one attached hydrogen (secondary N) is 1. The summed E-state index contributed by atoms with van der Waals surface area (Å²) in [7, 11) is 0. The van der Waals surface area contributed by atoms with Crippen LogP contribution in [0.15, 0.2) is 18.2 Å². The van der Waals surface area contributed by atoms with E-state index in [2.05, 4.69) is 10.2 Å². The number of halogens is 4. The number of alkyl halides is 3. The molecule has 0 atom stereocenters. The Labute approximate surface area is 112 Å². The molecule has 20 heavy (non-hydrogen) atoms. The first-order valence-corrected chi connectivity index (χ1v) is 6.05. The molecule has 0 aliphatic rings. The lowest BCUT2D eigenvalue weighted by Gasteiger charge is -2.11. The lowest BCUT2D eigenvalue weighted by Crippen LogP contribution is -2.09. The van der Waals surface area contributed by atoms with Crippen LogP contribution in [0.25, 0.3) is 11.3 Å². The van der Waals surface area contributed by atoms with Crippen LogP contribution in [0.3, 0.4) is 0 Å². The van der Waals surface area contributed by atoms with Crippen molar-refractivity contribution in [2.24, 2.45) is 0 Å². The molecule has 1 heterocycles. The molecule has 1 aromatic carbocycles. The predicted molar refractivity (Wildman–Crippen MR) is 67.4 cm³/mol. The van der Waals surface area contributed by atoms with Crippen molar-refractivity contribution in [2.45, 2.75) is 25.9 Å². The molecular formula is C13H13F4N3. The molecular weight excluding hydrogens is 274 g/mol. The van der Waals surface area contributed by atoms with E-state index in [1.54, 1.807) is 0 Å². The second-order valence-electron chi connectivity index (χ2n) is 4.38. The van der Waals surface area contributed by atoms with Gasteiger partial charge in [0.25, 0.3) is 0 Å². The number of anilines is 1. The summed E-state index contributed by atoms with van der Waals surface area (Å²) in [4.78, 5) is 0. The predicted octanol–water partition coefficient (Wildman–Crippen LogP) is 3.77. The van der Waals surface area contributed by atoms with Crippen LogP contribution in [0.4, 0.5) is 23.4 Å². The highest BCUT2D eigenvalue weighted by atomic mass is 19.4. The van der Waals surface area contributed by atoms with E-state index in [0.29, 0.717) is 18.1 Å². The topological polar surface area (TPSA) is 54.7 Å². The van der Waals surface area contributed by atoms with E-state index in [0.717, 1.165) is 12.5 Å². The molecule has 0 unspecified atom stereocenters. The summed E-state index contributed by atoms with van der Waals surface area (Å²) in [6.45, 7) is 1.89. The number of aromatic nitrogens is 2. The summed E-state index contributed by atoms with van der Waals surface area (Å²) in [6, 6.07) is 3.14. The van der Waals surface area contributed by atoms with Gasteiger partial charge in [-0.15, -0.1) is 0 Å². The van der Waals surface area contributed by atoms with Gasteiger partial charge in [0.1, 0.15) is 11.6 Å². The second kappa shape index (κ2) is 5.15. The third-order valence-electron chi connectivity index (χ3n) is 2.97. The van der Waals surface area contributed by atoms with Gasteiger partial charge in [-0.2, -0.15) is 18.3 Å². The first-order chi connectivity index (χ1) is 9.36. The molecule has 0 fully saturated rings. The minimum absolute atomic E-state index is 0.174. The van der Waals surface area contributed by atoms with E-state index >= 15 is 0 Å². The van der Waals surface area contributed by atoms with E-state index in [4.69, 9.17) is 5.73 Å². The third kappa shape index (κ3) is 2.48. The SMILES string of the molecule is CCCc1c(N)n[nH]c1-c1cccc(C(F)(F)F)c1F. The molecule has 0 saturated carbocycles. The van der Waals surface area contributed by atoms with E-state index < -0.39 is 17.6 Å². The van der Waals surface area contributed by atoms with Gasteiger partial charge < -0.3 is 5.73 Å². The first kappa shape index (κ1) is 14.4. The standard InChI is InChI=1S/C13H13F4N3/c1-2-4-8-11(19-20-12(8)18)7-5-3-6-9(10(7)14)13(15,16)17/h3,5-6H,2,4H2,1H3,(H3,18,19,20). The summed E-state index contributed by atoms with van der Waals surface area (Å²) < 4.78 is 52.2. The van der Waals surface area contributed by atoms with Crippen LogP contribution in [0.1, 0.15) is 24.5 Å². The number of rotatable bonds is 3. The maximum absolute atomic E-state index is 14.1. The molecule has 2 aromatic rings. The van der Waals surface area contributed by atoms with Gasteiger partial charge in [-0.3, -0.25) is 5.10 Å². The van der Waals surface area contributed by atoms with Gasteiger partial charge in [0.2, 0.25) is 0 Å². The number of nitrogens with zero attached hydrogens (tertiary/aromatic N) is 1. The Morgan fingerprint density at radius 1 is 1.30 bits per heavy atom. The number of nitrogens with two attached hydrogens (primary N) is 1. The van der Waals surface area contributed by atoms with Crippen molar-refractivity contribution in [2.75, 3.05) is 5.73 Å². The fourth-order valence-corrected chi connectivity index (χ4v) is 2.05. The van der Waals surface area contributed by atoms with Crippen LogP contribution in [0.2, 0.25) is 0 Å². The average Bonchev–Trinajstić information content (AvgIpc) is 2.71. The zero-order valence-corrected chi connectivity index (χ0v) is 10.7. The summed E-state index contributed by atoms with van der Waals surface area (Å²) in [6.07, 6.45) is -3.51. The van der Waals surface area contributed by atoms with E-state index in [9.17, 15) is 17.6 Å². The van der Waals surface area contributed by atoms with Gasteiger partial charge in [0.05, 0.1) is 11.3 Å². The van der Waals surface area contributed by atoms with Gasteiger partial charge in [-0.05, 0) is 18.6 Å². The third-order valence-corrected chi connectivity index (χ3v) is 2.97. The Kier molecular flexibility index (Phi) is 3.69. The maximum Gasteiger partial charge on any atom is 0.419 e. The van der Waals surface area contributed by atoms with Crippen LogP contribution in [0, 0.1) is 5.82 Å². The lowest BCUT2D eigenvalue weighted by atomic mass is 10.0. The zero-order chi connectivity index (χ0) is 14.9. The molecule has 0 saturated heterocycles. The largest absolute Gasteiger partial charge is 0.419 e. The fraction of sp³-hybridized carbons (Fsp3) is 0.308. The minimum atomic E-state index is -4.74. The molecule has 1 aromatic heterocycles. The molecule has 3 nitrogen and oxygen atoms in total. The molecule has 7 heteroatoms. The number of H-pyrrole nitrogens is 1. The highest BCUT2D eigenvalue weighted by Gasteiger charge is 2.35. The molecule has 2 rings (SSSR count). The van der Waals surface area contributed by atoms with Crippen molar-refractivity contribution < 1.29 is 17.6 Å². The Bertz CT molecular complexity index is 617. The summed E-state index contributed by atoms with van der Waals surface area (Å²) in [5.41, 5.74) is 4.91. The minimum Gasteiger partial charge on any atom is -0.382 e. The first-order valence-electron chi connectivity index (χ1n) is 6.05.